The number of carbonyl (C=O) groups excluding carboxylic acids is 1. The number of rotatable bonds is 2. The third kappa shape index (κ3) is 1.81. The fourth-order valence-corrected chi connectivity index (χ4v) is 1.64. The molecule has 82 valence electrons. The number of nitrogens with zero attached hydrogens (tertiary/aromatic N) is 1. The van der Waals surface area contributed by atoms with E-state index in [1.54, 1.807) is 18.3 Å². The molecule has 3 nitrogen and oxygen atoms in total. The van der Waals surface area contributed by atoms with Gasteiger partial charge in [0.15, 0.2) is 4.77 Å². The zero-order chi connectivity index (χ0) is 11.7. The lowest BCUT2D eigenvalue weighted by Gasteiger charge is -2.02. The molecule has 0 saturated heterocycles. The summed E-state index contributed by atoms with van der Waals surface area (Å²) in [5.41, 5.74) is 1.82. The van der Waals surface area contributed by atoms with Crippen LogP contribution in [-0.4, -0.2) is 15.6 Å². The van der Waals surface area contributed by atoms with Crippen molar-refractivity contribution in [1.29, 1.82) is 0 Å². The summed E-state index contributed by atoms with van der Waals surface area (Å²) in [6.45, 7) is 0. The zero-order valence-electron chi connectivity index (χ0n) is 8.53. The Labute approximate surface area is 96.5 Å². The van der Waals surface area contributed by atoms with Crippen LogP contribution < -0.4 is 0 Å². The number of H-pyrrole nitrogens is 1. The molecule has 1 aromatic carbocycles. The van der Waals surface area contributed by atoms with Gasteiger partial charge in [0, 0.05) is 13.2 Å². The molecule has 16 heavy (non-hydrogen) atoms. The lowest BCUT2D eigenvalue weighted by atomic mass is 10.1. The number of nitrogens with one attached hydrogen (secondary N) is 1. The van der Waals surface area contributed by atoms with Gasteiger partial charge in [0.05, 0.1) is 11.3 Å². The minimum atomic E-state index is -1.42. The molecule has 0 unspecified atom stereocenters. The van der Waals surface area contributed by atoms with Crippen molar-refractivity contribution in [3.05, 3.63) is 40.8 Å². The maximum Gasteiger partial charge on any atom is 0.332 e. The molecule has 0 atom stereocenters. The summed E-state index contributed by atoms with van der Waals surface area (Å²) in [4.78, 5) is 13.4. The summed E-state index contributed by atoms with van der Waals surface area (Å²) in [7, 11) is 1.84. The van der Waals surface area contributed by atoms with Gasteiger partial charge >= 0.3 is 6.04 Å². The molecule has 5 heteroatoms. The van der Waals surface area contributed by atoms with Crippen LogP contribution in [0.5, 0.6) is 0 Å². The molecule has 2 aromatic rings. The first-order valence-corrected chi connectivity index (χ1v) is 5.05. The molecule has 1 N–H and O–H groups in total. The van der Waals surface area contributed by atoms with Gasteiger partial charge in [-0.2, -0.15) is 4.39 Å². The normalized spacial score (nSPS) is 10.4. The predicted octanol–water partition coefficient (Wildman–Crippen LogP) is 2.86. The first kappa shape index (κ1) is 10.8. The van der Waals surface area contributed by atoms with Gasteiger partial charge in [0.1, 0.15) is 0 Å². The Kier molecular flexibility index (Phi) is 2.70. The minimum Gasteiger partial charge on any atom is -0.337 e. The Balaban J connectivity index is 2.46. The van der Waals surface area contributed by atoms with Crippen molar-refractivity contribution in [2.45, 2.75) is 0 Å². The van der Waals surface area contributed by atoms with Crippen molar-refractivity contribution in [2.24, 2.45) is 7.05 Å². The topological polar surface area (TPSA) is 37.8 Å². The molecule has 1 aromatic heterocycles. The van der Waals surface area contributed by atoms with E-state index in [-0.39, 0.29) is 5.56 Å². The fraction of sp³-hybridized carbons (Fsp3) is 0.0909. The van der Waals surface area contributed by atoms with Crippen LogP contribution in [0.25, 0.3) is 11.3 Å². The molecule has 0 spiro atoms. The van der Waals surface area contributed by atoms with Crippen molar-refractivity contribution < 1.29 is 9.18 Å². The van der Waals surface area contributed by atoms with Crippen LogP contribution >= 0.6 is 12.2 Å². The molecule has 0 aliphatic rings. The van der Waals surface area contributed by atoms with E-state index < -0.39 is 6.04 Å². The highest BCUT2D eigenvalue weighted by molar-refractivity contribution is 7.71. The molecule has 0 bridgehead atoms. The molecule has 0 aliphatic carbocycles. The average Bonchev–Trinajstić information content (AvgIpc) is 2.60. The summed E-state index contributed by atoms with van der Waals surface area (Å²) in [5.74, 6) is 0. The van der Waals surface area contributed by atoms with Gasteiger partial charge in [-0.25, -0.2) is 0 Å². The van der Waals surface area contributed by atoms with Crippen LogP contribution in [0.1, 0.15) is 10.4 Å². The fourth-order valence-electron chi connectivity index (χ4n) is 1.48. The van der Waals surface area contributed by atoms with Crippen molar-refractivity contribution in [1.82, 2.24) is 9.55 Å². The second-order valence-corrected chi connectivity index (χ2v) is 3.78. The van der Waals surface area contributed by atoms with Gasteiger partial charge in [0.2, 0.25) is 0 Å². The van der Waals surface area contributed by atoms with E-state index in [0.717, 1.165) is 11.3 Å². The average molecular weight is 236 g/mol. The van der Waals surface area contributed by atoms with E-state index in [1.165, 1.54) is 12.1 Å². The van der Waals surface area contributed by atoms with Crippen LogP contribution in [0.2, 0.25) is 0 Å². The molecule has 0 fully saturated rings. The Morgan fingerprint density at radius 2 is 2.00 bits per heavy atom. The molecule has 0 radical (unpaired) electrons. The Bertz CT molecular complexity index is 583. The quantitative estimate of drug-likeness (QED) is 0.643. The summed E-state index contributed by atoms with van der Waals surface area (Å²) < 4.78 is 14.8. The molecule has 2 rings (SSSR count). The van der Waals surface area contributed by atoms with Gasteiger partial charge in [0.25, 0.3) is 0 Å². The van der Waals surface area contributed by atoms with Crippen LogP contribution in [0, 0.1) is 4.77 Å². The lowest BCUT2D eigenvalue weighted by Crippen LogP contribution is -1.93. The molecule has 1 heterocycles. The maximum atomic E-state index is 12.4. The number of hydrogen-bond acceptors (Lipinski definition) is 2. The van der Waals surface area contributed by atoms with Gasteiger partial charge in [-0.15, -0.1) is 0 Å². The third-order valence-electron chi connectivity index (χ3n) is 2.41. The summed E-state index contributed by atoms with van der Waals surface area (Å²) in [6, 6.07) is 4.85. The number of imidazole rings is 1. The smallest absolute Gasteiger partial charge is 0.332 e. The highest BCUT2D eigenvalue weighted by atomic mass is 32.1. The summed E-state index contributed by atoms with van der Waals surface area (Å²) in [5, 5.41) is 0. The van der Waals surface area contributed by atoms with Crippen molar-refractivity contribution in [3.63, 3.8) is 0 Å². The maximum absolute atomic E-state index is 12.4. The molecular formula is C11H9FN2OS. The summed E-state index contributed by atoms with van der Waals surface area (Å²) >= 11 is 5.03. The Hall–Kier alpha value is -1.75. The number of benzene rings is 1. The van der Waals surface area contributed by atoms with E-state index >= 15 is 0 Å². The summed E-state index contributed by atoms with van der Waals surface area (Å²) in [6.07, 6.45) is 1.77. The number of aromatic amines is 1. The molecule has 0 amide bonds. The number of halogens is 1. The third-order valence-corrected chi connectivity index (χ3v) is 2.80. The SMILES string of the molecule is Cn1c(-c2ccc(C(=O)F)cc2)c[nH]c1=S. The van der Waals surface area contributed by atoms with E-state index in [2.05, 4.69) is 4.98 Å². The number of carbonyl (C=O) groups is 1. The zero-order valence-corrected chi connectivity index (χ0v) is 9.34. The van der Waals surface area contributed by atoms with Crippen molar-refractivity contribution in [3.8, 4) is 11.3 Å². The van der Waals surface area contributed by atoms with E-state index in [1.807, 2.05) is 11.6 Å². The largest absolute Gasteiger partial charge is 0.337 e. The van der Waals surface area contributed by atoms with Crippen molar-refractivity contribution in [2.75, 3.05) is 0 Å². The monoisotopic (exact) mass is 236 g/mol. The Morgan fingerprint density at radius 1 is 1.38 bits per heavy atom. The van der Waals surface area contributed by atoms with Crippen LogP contribution in [0.15, 0.2) is 30.5 Å². The van der Waals surface area contributed by atoms with Gasteiger partial charge in [-0.05, 0) is 29.9 Å². The van der Waals surface area contributed by atoms with Gasteiger partial charge in [-0.1, -0.05) is 12.1 Å². The first-order chi connectivity index (χ1) is 7.59. The standard InChI is InChI=1S/C11H9FN2OS/c1-14-9(6-13-11(14)16)7-2-4-8(5-3-7)10(12)15/h2-6H,1H3,(H,13,16). The van der Waals surface area contributed by atoms with E-state index in [0.29, 0.717) is 4.77 Å². The van der Waals surface area contributed by atoms with Gasteiger partial charge < -0.3 is 9.55 Å². The second-order valence-electron chi connectivity index (χ2n) is 3.39. The van der Waals surface area contributed by atoms with Gasteiger partial charge in [-0.3, -0.25) is 4.79 Å². The highest BCUT2D eigenvalue weighted by Gasteiger charge is 2.06. The van der Waals surface area contributed by atoms with Crippen molar-refractivity contribution >= 4 is 18.3 Å². The van der Waals surface area contributed by atoms with Crippen LogP contribution in [-0.2, 0) is 7.05 Å². The highest BCUT2D eigenvalue weighted by Crippen LogP contribution is 2.19. The molecule has 0 saturated carbocycles. The van der Waals surface area contributed by atoms with Crippen LogP contribution in [0.3, 0.4) is 0 Å². The lowest BCUT2D eigenvalue weighted by molar-refractivity contribution is 0.0836. The van der Waals surface area contributed by atoms with E-state index in [4.69, 9.17) is 12.2 Å². The van der Waals surface area contributed by atoms with E-state index in [9.17, 15) is 9.18 Å². The molecular weight excluding hydrogens is 227 g/mol. The Morgan fingerprint density at radius 3 is 2.44 bits per heavy atom. The van der Waals surface area contributed by atoms with Crippen LogP contribution in [0.4, 0.5) is 4.39 Å². The second kappa shape index (κ2) is 4.02. The number of aromatic nitrogens is 2. The first-order valence-electron chi connectivity index (χ1n) is 4.64. The minimum absolute atomic E-state index is 0.0561. The molecule has 0 aliphatic heterocycles. The predicted molar refractivity (Wildman–Crippen MR) is 61.5 cm³/mol. The number of hydrogen-bond donors (Lipinski definition) is 1.